The molecule has 1 aromatic rings. The van der Waals surface area contributed by atoms with Crippen molar-refractivity contribution < 1.29 is 9.47 Å². The van der Waals surface area contributed by atoms with E-state index in [1.807, 2.05) is 12.1 Å². The van der Waals surface area contributed by atoms with E-state index >= 15 is 0 Å². The summed E-state index contributed by atoms with van der Waals surface area (Å²) in [5.74, 6) is 1.03. The van der Waals surface area contributed by atoms with Gasteiger partial charge in [-0.2, -0.15) is 0 Å². The molecule has 3 saturated heterocycles. The molecule has 1 N–H and O–H groups in total. The summed E-state index contributed by atoms with van der Waals surface area (Å²) in [7, 11) is 0. The Balaban J connectivity index is 0.00000272. The van der Waals surface area contributed by atoms with Crippen LogP contribution >= 0.6 is 35.6 Å². The van der Waals surface area contributed by atoms with Crippen molar-refractivity contribution in [2.75, 3.05) is 65.7 Å². The van der Waals surface area contributed by atoms with Crippen LogP contribution < -0.4 is 5.32 Å². The fourth-order valence-corrected chi connectivity index (χ4v) is 5.33. The third-order valence-electron chi connectivity index (χ3n) is 6.79. The Morgan fingerprint density at radius 3 is 2.55 bits per heavy atom. The number of rotatable bonds is 5. The molecule has 3 aliphatic heterocycles. The second-order valence-electron chi connectivity index (χ2n) is 8.58. The number of halogens is 2. The van der Waals surface area contributed by atoms with Gasteiger partial charge >= 0.3 is 0 Å². The highest BCUT2D eigenvalue weighted by atomic mass is 127. The Bertz CT molecular complexity index is 723. The minimum atomic E-state index is -0.0550. The van der Waals surface area contributed by atoms with Crippen LogP contribution in [0.1, 0.15) is 31.7 Å². The first-order valence-corrected chi connectivity index (χ1v) is 11.8. The maximum Gasteiger partial charge on any atom is 0.193 e. The summed E-state index contributed by atoms with van der Waals surface area (Å²) in [5.41, 5.74) is 1.16. The van der Waals surface area contributed by atoms with Crippen molar-refractivity contribution in [3.8, 4) is 0 Å². The standard InChI is InChI=1S/C23H35ClN4O2.HI/c1-2-25-22(28-10-7-19(17-28)27-11-15-30-16-12-27)26-18-23(8-13-29-14-9-23)20-5-3-4-6-21(20)24;/h3-6,19H,2,7-18H2,1H3,(H,25,26);1H. The highest BCUT2D eigenvalue weighted by Crippen LogP contribution is 2.39. The lowest BCUT2D eigenvalue weighted by Crippen LogP contribution is -2.47. The smallest absolute Gasteiger partial charge is 0.193 e. The number of guanidine groups is 1. The summed E-state index contributed by atoms with van der Waals surface area (Å²) in [6.07, 6.45) is 3.10. The Hall–Kier alpha value is -0.610. The molecule has 0 spiro atoms. The molecule has 4 rings (SSSR count). The van der Waals surface area contributed by atoms with Crippen molar-refractivity contribution in [2.24, 2.45) is 4.99 Å². The maximum absolute atomic E-state index is 6.62. The lowest BCUT2D eigenvalue weighted by Gasteiger charge is -2.37. The Labute approximate surface area is 208 Å². The third-order valence-corrected chi connectivity index (χ3v) is 7.12. The molecule has 3 aliphatic rings. The lowest BCUT2D eigenvalue weighted by atomic mass is 9.74. The number of hydrogen-bond acceptors (Lipinski definition) is 4. The Morgan fingerprint density at radius 1 is 1.13 bits per heavy atom. The highest BCUT2D eigenvalue weighted by Gasteiger charge is 2.37. The number of hydrogen-bond donors (Lipinski definition) is 1. The van der Waals surface area contributed by atoms with Crippen LogP contribution in [0.3, 0.4) is 0 Å². The van der Waals surface area contributed by atoms with E-state index in [1.54, 1.807) is 0 Å². The summed E-state index contributed by atoms with van der Waals surface area (Å²) < 4.78 is 11.2. The summed E-state index contributed by atoms with van der Waals surface area (Å²) in [4.78, 5) is 10.2. The van der Waals surface area contributed by atoms with Gasteiger partial charge in [-0.15, -0.1) is 24.0 Å². The van der Waals surface area contributed by atoms with Gasteiger partial charge < -0.3 is 19.7 Å². The van der Waals surface area contributed by atoms with Crippen LogP contribution in [0, 0.1) is 0 Å². The fraction of sp³-hybridized carbons (Fsp3) is 0.696. The average molecular weight is 563 g/mol. The number of nitrogens with one attached hydrogen (secondary N) is 1. The van der Waals surface area contributed by atoms with E-state index in [9.17, 15) is 0 Å². The zero-order valence-corrected chi connectivity index (χ0v) is 21.6. The van der Waals surface area contributed by atoms with Gasteiger partial charge in [-0.25, -0.2) is 0 Å². The first-order chi connectivity index (χ1) is 14.7. The predicted octanol–water partition coefficient (Wildman–Crippen LogP) is 3.38. The van der Waals surface area contributed by atoms with Gasteiger partial charge in [0.2, 0.25) is 0 Å². The summed E-state index contributed by atoms with van der Waals surface area (Å²) in [6.45, 7) is 11.2. The molecule has 0 bridgehead atoms. The van der Waals surface area contributed by atoms with Crippen molar-refractivity contribution >= 4 is 41.5 Å². The second kappa shape index (κ2) is 12.0. The normalized spacial score (nSPS) is 24.6. The van der Waals surface area contributed by atoms with E-state index in [2.05, 4.69) is 34.2 Å². The molecule has 1 aromatic carbocycles. The molecule has 8 heteroatoms. The van der Waals surface area contributed by atoms with Crippen LogP contribution in [0.15, 0.2) is 29.3 Å². The SMILES string of the molecule is CCNC(=NCC1(c2ccccc2Cl)CCOCC1)N1CCC(N2CCOCC2)C1.I. The van der Waals surface area contributed by atoms with Crippen LogP contribution in [-0.2, 0) is 14.9 Å². The largest absolute Gasteiger partial charge is 0.381 e. The molecule has 0 radical (unpaired) electrons. The van der Waals surface area contributed by atoms with Gasteiger partial charge in [0, 0.05) is 62.4 Å². The van der Waals surface area contributed by atoms with Gasteiger partial charge in [-0.05, 0) is 37.8 Å². The lowest BCUT2D eigenvalue weighted by molar-refractivity contribution is 0.0194. The molecular formula is C23H36ClIN4O2. The molecule has 3 heterocycles. The van der Waals surface area contributed by atoms with Crippen LogP contribution in [-0.4, -0.2) is 87.5 Å². The van der Waals surface area contributed by atoms with Crippen molar-refractivity contribution in [1.82, 2.24) is 15.1 Å². The van der Waals surface area contributed by atoms with E-state index in [4.69, 9.17) is 26.1 Å². The van der Waals surface area contributed by atoms with Gasteiger partial charge in [0.1, 0.15) is 0 Å². The van der Waals surface area contributed by atoms with E-state index in [0.29, 0.717) is 6.04 Å². The van der Waals surface area contributed by atoms with Crippen LogP contribution in [0.2, 0.25) is 5.02 Å². The maximum atomic E-state index is 6.62. The molecule has 0 saturated carbocycles. The molecule has 31 heavy (non-hydrogen) atoms. The first-order valence-electron chi connectivity index (χ1n) is 11.4. The molecule has 1 atom stereocenters. The van der Waals surface area contributed by atoms with Gasteiger partial charge in [-0.1, -0.05) is 29.8 Å². The van der Waals surface area contributed by atoms with Crippen LogP contribution in [0.4, 0.5) is 0 Å². The molecule has 1 unspecified atom stereocenters. The van der Waals surface area contributed by atoms with Crippen molar-refractivity contribution in [3.63, 3.8) is 0 Å². The average Bonchev–Trinajstić information content (AvgIpc) is 3.28. The summed E-state index contributed by atoms with van der Waals surface area (Å²) >= 11 is 6.62. The molecular weight excluding hydrogens is 527 g/mol. The van der Waals surface area contributed by atoms with Gasteiger partial charge in [0.25, 0.3) is 0 Å². The number of ether oxygens (including phenoxy) is 2. The molecule has 6 nitrogen and oxygen atoms in total. The molecule has 0 aliphatic carbocycles. The summed E-state index contributed by atoms with van der Waals surface area (Å²) in [6, 6.07) is 8.85. The second-order valence-corrected chi connectivity index (χ2v) is 8.99. The number of nitrogens with zero attached hydrogens (tertiary/aromatic N) is 3. The molecule has 3 fully saturated rings. The third kappa shape index (κ3) is 6.05. The fourth-order valence-electron chi connectivity index (χ4n) is 4.99. The van der Waals surface area contributed by atoms with Crippen molar-refractivity contribution in [1.29, 1.82) is 0 Å². The van der Waals surface area contributed by atoms with Crippen molar-refractivity contribution in [3.05, 3.63) is 34.9 Å². The molecule has 0 aromatic heterocycles. The van der Waals surface area contributed by atoms with E-state index in [1.165, 1.54) is 12.0 Å². The molecule has 174 valence electrons. The van der Waals surface area contributed by atoms with E-state index in [-0.39, 0.29) is 29.4 Å². The van der Waals surface area contributed by atoms with Crippen LogP contribution in [0.25, 0.3) is 0 Å². The number of morpholine rings is 1. The molecule has 0 amide bonds. The van der Waals surface area contributed by atoms with Gasteiger partial charge in [0.15, 0.2) is 5.96 Å². The zero-order chi connectivity index (χ0) is 20.8. The quantitative estimate of drug-likeness (QED) is 0.339. The number of benzene rings is 1. The minimum absolute atomic E-state index is 0. The van der Waals surface area contributed by atoms with Crippen molar-refractivity contribution in [2.45, 2.75) is 37.6 Å². The first kappa shape index (κ1) is 25.0. The topological polar surface area (TPSA) is 49.3 Å². The number of likely N-dealkylation sites (tertiary alicyclic amines) is 1. The van der Waals surface area contributed by atoms with Gasteiger partial charge in [0.05, 0.1) is 19.8 Å². The minimum Gasteiger partial charge on any atom is -0.381 e. The Morgan fingerprint density at radius 2 is 1.84 bits per heavy atom. The highest BCUT2D eigenvalue weighted by molar-refractivity contribution is 14.0. The summed E-state index contributed by atoms with van der Waals surface area (Å²) in [5, 5.41) is 4.38. The van der Waals surface area contributed by atoms with E-state index in [0.717, 1.165) is 89.5 Å². The number of aliphatic imine (C=N–C) groups is 1. The Kier molecular flexibility index (Phi) is 9.70. The zero-order valence-electron chi connectivity index (χ0n) is 18.5. The predicted molar refractivity (Wildman–Crippen MR) is 137 cm³/mol. The van der Waals surface area contributed by atoms with Gasteiger partial charge in [-0.3, -0.25) is 9.89 Å². The monoisotopic (exact) mass is 562 g/mol. The van der Waals surface area contributed by atoms with E-state index < -0.39 is 0 Å². The van der Waals surface area contributed by atoms with Crippen LogP contribution in [0.5, 0.6) is 0 Å².